The summed E-state index contributed by atoms with van der Waals surface area (Å²) in [5, 5.41) is 3.17. The molecule has 0 aromatic heterocycles. The largest absolute Gasteiger partial charge is 0.327 e. The maximum absolute atomic E-state index is 6.16. The first-order valence-electron chi connectivity index (χ1n) is 5.74. The molecule has 2 heteroatoms. The Balaban J connectivity index is 2.09. The molecule has 0 spiro atoms. The van der Waals surface area contributed by atoms with E-state index in [1.54, 1.807) is 0 Å². The Kier molecular flexibility index (Phi) is 5.40. The van der Waals surface area contributed by atoms with Gasteiger partial charge in [0.1, 0.15) is 0 Å². The summed E-state index contributed by atoms with van der Waals surface area (Å²) in [7, 11) is 2.01. The summed E-state index contributed by atoms with van der Waals surface area (Å²) in [5.41, 5.74) is 6.16. The summed E-state index contributed by atoms with van der Waals surface area (Å²) in [4.78, 5) is 0. The van der Waals surface area contributed by atoms with E-state index in [1.165, 1.54) is 44.9 Å². The van der Waals surface area contributed by atoms with Crippen molar-refractivity contribution in [1.29, 1.82) is 0 Å². The summed E-state index contributed by atoms with van der Waals surface area (Å²) >= 11 is 0. The summed E-state index contributed by atoms with van der Waals surface area (Å²) < 4.78 is 0. The molecule has 1 atom stereocenters. The van der Waals surface area contributed by atoms with Crippen molar-refractivity contribution in [3.8, 4) is 0 Å². The van der Waals surface area contributed by atoms with Crippen LogP contribution in [-0.4, -0.2) is 19.6 Å². The second-order valence-electron chi connectivity index (χ2n) is 4.31. The third kappa shape index (κ3) is 4.10. The Morgan fingerprint density at radius 3 is 2.62 bits per heavy atom. The van der Waals surface area contributed by atoms with Crippen LogP contribution in [0.3, 0.4) is 0 Å². The molecular formula is C11H24N2. The van der Waals surface area contributed by atoms with E-state index in [-0.39, 0.29) is 0 Å². The van der Waals surface area contributed by atoms with Crippen LogP contribution in [0.2, 0.25) is 0 Å². The van der Waals surface area contributed by atoms with Gasteiger partial charge in [-0.2, -0.15) is 0 Å². The molecule has 0 bridgehead atoms. The van der Waals surface area contributed by atoms with Gasteiger partial charge >= 0.3 is 0 Å². The molecule has 13 heavy (non-hydrogen) atoms. The molecule has 3 N–H and O–H groups in total. The van der Waals surface area contributed by atoms with Crippen molar-refractivity contribution in [3.63, 3.8) is 0 Å². The lowest BCUT2D eigenvalue weighted by Gasteiger charge is -2.27. The van der Waals surface area contributed by atoms with Crippen LogP contribution in [0.25, 0.3) is 0 Å². The molecule has 0 aromatic carbocycles. The second kappa shape index (κ2) is 6.39. The number of hydrogen-bond acceptors (Lipinski definition) is 2. The molecule has 1 aliphatic rings. The van der Waals surface area contributed by atoms with E-state index in [0.717, 1.165) is 12.5 Å². The van der Waals surface area contributed by atoms with Crippen molar-refractivity contribution < 1.29 is 0 Å². The van der Waals surface area contributed by atoms with Gasteiger partial charge in [0, 0.05) is 6.04 Å². The van der Waals surface area contributed by atoms with E-state index < -0.39 is 0 Å². The van der Waals surface area contributed by atoms with Crippen molar-refractivity contribution in [1.82, 2.24) is 5.32 Å². The summed E-state index contributed by atoms with van der Waals surface area (Å²) in [6.45, 7) is 1.11. The predicted octanol–water partition coefficient (Wildman–Crippen LogP) is 1.89. The van der Waals surface area contributed by atoms with Crippen LogP contribution in [0.15, 0.2) is 0 Å². The van der Waals surface area contributed by atoms with Gasteiger partial charge in [-0.3, -0.25) is 0 Å². The Bertz CT molecular complexity index is 119. The molecule has 1 rings (SSSR count). The van der Waals surface area contributed by atoms with Crippen LogP contribution < -0.4 is 11.1 Å². The third-order valence-corrected chi connectivity index (χ3v) is 3.22. The van der Waals surface area contributed by atoms with E-state index in [2.05, 4.69) is 5.32 Å². The Labute approximate surface area is 82.3 Å². The highest BCUT2D eigenvalue weighted by Crippen LogP contribution is 2.26. The van der Waals surface area contributed by atoms with Gasteiger partial charge < -0.3 is 11.1 Å². The molecule has 0 heterocycles. The van der Waals surface area contributed by atoms with Crippen LogP contribution >= 0.6 is 0 Å². The quantitative estimate of drug-likeness (QED) is 0.640. The Hall–Kier alpha value is -0.0800. The van der Waals surface area contributed by atoms with Crippen LogP contribution in [0, 0.1) is 5.92 Å². The van der Waals surface area contributed by atoms with E-state index in [1.807, 2.05) is 7.05 Å². The van der Waals surface area contributed by atoms with Crippen molar-refractivity contribution in [2.24, 2.45) is 11.7 Å². The average molecular weight is 184 g/mol. The highest BCUT2D eigenvalue weighted by molar-refractivity contribution is 4.76. The smallest absolute Gasteiger partial charge is 0.00676 e. The van der Waals surface area contributed by atoms with E-state index >= 15 is 0 Å². The molecule has 0 aromatic rings. The maximum Gasteiger partial charge on any atom is 0.00676 e. The monoisotopic (exact) mass is 184 g/mol. The number of nitrogens with two attached hydrogens (primary N) is 1. The van der Waals surface area contributed by atoms with Crippen LogP contribution in [0.4, 0.5) is 0 Å². The minimum Gasteiger partial charge on any atom is -0.327 e. The highest BCUT2D eigenvalue weighted by atomic mass is 14.8. The normalized spacial score (nSPS) is 21.7. The molecule has 0 amide bonds. The number of nitrogens with one attached hydrogen (secondary N) is 1. The first-order valence-corrected chi connectivity index (χ1v) is 5.74. The zero-order valence-electron chi connectivity index (χ0n) is 8.89. The fourth-order valence-electron chi connectivity index (χ4n) is 2.31. The minimum absolute atomic E-state index is 0.466. The highest BCUT2D eigenvalue weighted by Gasteiger charge is 2.19. The molecule has 0 saturated heterocycles. The average Bonchev–Trinajstić information content (AvgIpc) is 2.19. The van der Waals surface area contributed by atoms with Gasteiger partial charge in [0.25, 0.3) is 0 Å². The molecule has 2 nitrogen and oxygen atoms in total. The van der Waals surface area contributed by atoms with Crippen molar-refractivity contribution in [2.75, 3.05) is 13.6 Å². The van der Waals surface area contributed by atoms with Gasteiger partial charge in [-0.1, -0.05) is 19.3 Å². The van der Waals surface area contributed by atoms with Gasteiger partial charge in [-0.15, -0.1) is 0 Å². The fraction of sp³-hybridized carbons (Fsp3) is 1.00. The second-order valence-corrected chi connectivity index (χ2v) is 4.31. The van der Waals surface area contributed by atoms with Gasteiger partial charge in [0.15, 0.2) is 0 Å². The lowest BCUT2D eigenvalue weighted by atomic mass is 9.83. The van der Waals surface area contributed by atoms with Gasteiger partial charge in [0.05, 0.1) is 0 Å². The first-order chi connectivity index (χ1) is 6.34. The van der Waals surface area contributed by atoms with E-state index in [0.29, 0.717) is 6.04 Å². The number of rotatable bonds is 5. The van der Waals surface area contributed by atoms with Crippen LogP contribution in [-0.2, 0) is 0 Å². The van der Waals surface area contributed by atoms with Crippen LogP contribution in [0.1, 0.15) is 44.9 Å². The first kappa shape index (κ1) is 11.0. The summed E-state index contributed by atoms with van der Waals surface area (Å²) in [5.74, 6) is 0.825. The van der Waals surface area contributed by atoms with Crippen molar-refractivity contribution in [2.45, 2.75) is 51.0 Å². The molecule has 1 aliphatic carbocycles. The van der Waals surface area contributed by atoms with Crippen molar-refractivity contribution >= 4 is 0 Å². The molecular weight excluding hydrogens is 160 g/mol. The zero-order valence-corrected chi connectivity index (χ0v) is 8.89. The van der Waals surface area contributed by atoms with E-state index in [4.69, 9.17) is 5.73 Å². The lowest BCUT2D eigenvalue weighted by molar-refractivity contribution is 0.291. The van der Waals surface area contributed by atoms with Gasteiger partial charge in [0.2, 0.25) is 0 Å². The Morgan fingerprint density at radius 1 is 1.31 bits per heavy atom. The SMILES string of the molecule is CNCCCC(N)C1CCCCC1. The standard InChI is InChI=1S/C11H24N2/c1-13-9-5-8-11(12)10-6-3-2-4-7-10/h10-11,13H,2-9,12H2,1H3. The summed E-state index contributed by atoms with van der Waals surface area (Å²) in [6.07, 6.45) is 9.43. The molecule has 1 fully saturated rings. The van der Waals surface area contributed by atoms with E-state index in [9.17, 15) is 0 Å². The minimum atomic E-state index is 0.466. The Morgan fingerprint density at radius 2 is 2.00 bits per heavy atom. The number of hydrogen-bond donors (Lipinski definition) is 2. The van der Waals surface area contributed by atoms with Crippen molar-refractivity contribution in [3.05, 3.63) is 0 Å². The molecule has 1 unspecified atom stereocenters. The maximum atomic E-state index is 6.16. The van der Waals surface area contributed by atoms with Crippen LogP contribution in [0.5, 0.6) is 0 Å². The molecule has 0 aliphatic heterocycles. The fourth-order valence-corrected chi connectivity index (χ4v) is 2.31. The molecule has 78 valence electrons. The summed E-state index contributed by atoms with van der Waals surface area (Å²) in [6, 6.07) is 0.466. The van der Waals surface area contributed by atoms with Gasteiger partial charge in [-0.05, 0) is 45.2 Å². The third-order valence-electron chi connectivity index (χ3n) is 3.22. The molecule has 0 radical (unpaired) electrons. The lowest BCUT2D eigenvalue weighted by Crippen LogP contribution is -2.32. The topological polar surface area (TPSA) is 38.0 Å². The van der Waals surface area contributed by atoms with Gasteiger partial charge in [-0.25, -0.2) is 0 Å². The predicted molar refractivity (Wildman–Crippen MR) is 57.7 cm³/mol. The zero-order chi connectivity index (χ0) is 9.52. The molecule has 1 saturated carbocycles.